The van der Waals surface area contributed by atoms with Gasteiger partial charge in [-0.05, 0) is 58.1 Å². The third-order valence-corrected chi connectivity index (χ3v) is 10.6. The van der Waals surface area contributed by atoms with Gasteiger partial charge in [0.2, 0.25) is 0 Å². The second kappa shape index (κ2) is 13.0. The average molecular weight is 718 g/mol. The summed E-state index contributed by atoms with van der Waals surface area (Å²) in [7, 11) is 0. The van der Waals surface area contributed by atoms with Crippen LogP contribution in [0.15, 0.2) is 197 Å². The predicted octanol–water partition coefficient (Wildman–Crippen LogP) is 13.7. The molecule has 0 atom stereocenters. The van der Waals surface area contributed by atoms with E-state index in [1.165, 1.54) is 0 Å². The first-order valence-corrected chi connectivity index (χ1v) is 18.7. The third-order valence-electron chi connectivity index (χ3n) is 10.6. The van der Waals surface area contributed by atoms with Gasteiger partial charge in [-0.15, -0.1) is 0 Å². The molecule has 3 heterocycles. The van der Waals surface area contributed by atoms with E-state index in [1.807, 2.05) is 66.7 Å². The minimum Gasteiger partial charge on any atom is -0.455 e. The number of hydrogen-bond donors (Lipinski definition) is 0. The topological polar surface area (TPSA) is 65.0 Å². The zero-order valence-corrected chi connectivity index (χ0v) is 30.1. The van der Waals surface area contributed by atoms with Crippen molar-refractivity contribution in [2.75, 3.05) is 0 Å². The summed E-state index contributed by atoms with van der Waals surface area (Å²) < 4.78 is 13.3. The summed E-state index contributed by atoms with van der Waals surface area (Å²) >= 11 is 0. The molecule has 0 saturated carbocycles. The van der Waals surface area contributed by atoms with Gasteiger partial charge in [-0.1, -0.05) is 158 Å². The molecule has 11 aromatic rings. The second-order valence-corrected chi connectivity index (χ2v) is 13.9. The van der Waals surface area contributed by atoms with Crippen LogP contribution in [0.25, 0.3) is 111 Å². The van der Waals surface area contributed by atoms with Crippen molar-refractivity contribution >= 4 is 43.9 Å². The van der Waals surface area contributed by atoms with Gasteiger partial charge < -0.3 is 8.83 Å². The summed E-state index contributed by atoms with van der Waals surface area (Å²) in [6, 6.07) is 64.5. The highest BCUT2D eigenvalue weighted by Crippen LogP contribution is 2.43. The Morgan fingerprint density at radius 1 is 0.286 bits per heavy atom. The molecule has 0 aliphatic carbocycles. The highest BCUT2D eigenvalue weighted by Gasteiger charge is 2.21. The first-order chi connectivity index (χ1) is 27.7. The molecule has 0 aliphatic heterocycles. The van der Waals surface area contributed by atoms with Gasteiger partial charge >= 0.3 is 0 Å². The molecule has 0 aliphatic rings. The number of para-hydroxylation sites is 2. The highest BCUT2D eigenvalue weighted by atomic mass is 16.3. The fourth-order valence-electron chi connectivity index (χ4n) is 7.84. The Balaban J connectivity index is 1.06. The lowest BCUT2D eigenvalue weighted by Crippen LogP contribution is -2.00. The van der Waals surface area contributed by atoms with Crippen LogP contribution < -0.4 is 0 Å². The van der Waals surface area contributed by atoms with Crippen LogP contribution in [-0.4, -0.2) is 15.0 Å². The van der Waals surface area contributed by atoms with Crippen molar-refractivity contribution in [1.29, 1.82) is 0 Å². The van der Waals surface area contributed by atoms with Crippen LogP contribution in [0, 0.1) is 0 Å². The average Bonchev–Trinajstić information content (AvgIpc) is 3.86. The summed E-state index contributed by atoms with van der Waals surface area (Å²) in [5, 5.41) is 4.20. The van der Waals surface area contributed by atoms with Crippen LogP contribution in [0.1, 0.15) is 0 Å². The molecule has 0 radical (unpaired) electrons. The maximum atomic E-state index is 6.67. The molecule has 11 rings (SSSR count). The number of benzene rings is 8. The second-order valence-electron chi connectivity index (χ2n) is 13.9. The van der Waals surface area contributed by atoms with Crippen molar-refractivity contribution in [3.63, 3.8) is 0 Å². The molecule has 5 nitrogen and oxygen atoms in total. The minimum atomic E-state index is 0.548. The summed E-state index contributed by atoms with van der Waals surface area (Å²) in [5.41, 5.74) is 12.5. The molecule has 56 heavy (non-hydrogen) atoms. The molecule has 0 fully saturated rings. The largest absolute Gasteiger partial charge is 0.455 e. The van der Waals surface area contributed by atoms with Gasteiger partial charge in [0, 0.05) is 38.2 Å². The van der Waals surface area contributed by atoms with E-state index in [2.05, 4.69) is 121 Å². The lowest BCUT2D eigenvalue weighted by Gasteiger charge is -2.09. The van der Waals surface area contributed by atoms with E-state index >= 15 is 0 Å². The first kappa shape index (κ1) is 31.9. The van der Waals surface area contributed by atoms with Crippen molar-refractivity contribution in [2.45, 2.75) is 0 Å². The fraction of sp³-hybridized carbons (Fsp3) is 0. The lowest BCUT2D eigenvalue weighted by atomic mass is 9.94. The third kappa shape index (κ3) is 5.37. The fourth-order valence-corrected chi connectivity index (χ4v) is 7.84. The van der Waals surface area contributed by atoms with Crippen molar-refractivity contribution in [1.82, 2.24) is 15.0 Å². The van der Waals surface area contributed by atoms with E-state index in [9.17, 15) is 0 Å². The Kier molecular flexibility index (Phi) is 7.42. The monoisotopic (exact) mass is 717 g/mol. The maximum absolute atomic E-state index is 6.67. The summed E-state index contributed by atoms with van der Waals surface area (Å²) in [5.74, 6) is 1.74. The van der Waals surface area contributed by atoms with Gasteiger partial charge in [0.15, 0.2) is 17.5 Å². The Labute approximate surface area is 322 Å². The van der Waals surface area contributed by atoms with Crippen LogP contribution in [-0.2, 0) is 0 Å². The van der Waals surface area contributed by atoms with Crippen molar-refractivity contribution in [3.8, 4) is 67.5 Å². The van der Waals surface area contributed by atoms with Crippen LogP contribution in [0.4, 0.5) is 0 Å². The number of furan rings is 2. The molecule has 0 spiro atoms. The van der Waals surface area contributed by atoms with Crippen molar-refractivity contribution < 1.29 is 8.83 Å². The summed E-state index contributed by atoms with van der Waals surface area (Å²) in [6.07, 6.45) is 0. The molecule has 0 N–H and O–H groups in total. The van der Waals surface area contributed by atoms with Gasteiger partial charge in [-0.3, -0.25) is 0 Å². The Bertz CT molecular complexity index is 3220. The Morgan fingerprint density at radius 2 is 0.804 bits per heavy atom. The molecule has 0 unspecified atom stereocenters. The van der Waals surface area contributed by atoms with Crippen LogP contribution in [0.3, 0.4) is 0 Å². The minimum absolute atomic E-state index is 0.548. The van der Waals surface area contributed by atoms with E-state index in [0.29, 0.717) is 17.5 Å². The number of fused-ring (bicyclic) bond motifs is 6. The highest BCUT2D eigenvalue weighted by molar-refractivity contribution is 6.17. The zero-order valence-electron chi connectivity index (χ0n) is 30.1. The standard InChI is InChI=1S/C51H31N3O2/c1-4-13-32(14-5-1)33-23-25-36(26-24-33)50-52-49(35-17-8-3-9-18-35)53-51(54-50)42-21-12-20-40-43-31-37(27-30-45(43)55-47(40)42)39-29-28-38(34-15-6-2-7-16-34)46-41-19-10-11-22-44(41)56-48(39)46/h1-31H. The summed E-state index contributed by atoms with van der Waals surface area (Å²) in [6.45, 7) is 0. The molecule has 0 bridgehead atoms. The van der Waals surface area contributed by atoms with Gasteiger partial charge in [-0.25, -0.2) is 15.0 Å². The van der Waals surface area contributed by atoms with Gasteiger partial charge in [0.25, 0.3) is 0 Å². The van der Waals surface area contributed by atoms with Gasteiger partial charge in [0.1, 0.15) is 22.3 Å². The summed E-state index contributed by atoms with van der Waals surface area (Å²) in [4.78, 5) is 15.1. The number of aromatic nitrogens is 3. The first-order valence-electron chi connectivity index (χ1n) is 18.7. The maximum Gasteiger partial charge on any atom is 0.167 e. The molecule has 3 aromatic heterocycles. The van der Waals surface area contributed by atoms with Gasteiger partial charge in [-0.2, -0.15) is 0 Å². The zero-order chi connectivity index (χ0) is 37.0. The van der Waals surface area contributed by atoms with Gasteiger partial charge in [0.05, 0.1) is 5.56 Å². The van der Waals surface area contributed by atoms with Crippen molar-refractivity contribution in [2.24, 2.45) is 0 Å². The lowest BCUT2D eigenvalue weighted by molar-refractivity contribution is 0.668. The smallest absolute Gasteiger partial charge is 0.167 e. The van der Waals surface area contributed by atoms with Crippen LogP contribution in [0.5, 0.6) is 0 Å². The van der Waals surface area contributed by atoms with E-state index in [1.54, 1.807) is 0 Å². The molecule has 0 amide bonds. The van der Waals surface area contributed by atoms with E-state index in [4.69, 9.17) is 23.8 Å². The normalized spacial score (nSPS) is 11.6. The molecule has 8 aromatic carbocycles. The SMILES string of the molecule is c1ccc(-c2ccc(-c3nc(-c4ccccc4)nc(-c4cccc5c4oc4ccc(-c6ccc(-c7ccccc7)c7c6oc6ccccc67)cc45)n3)cc2)cc1. The van der Waals surface area contributed by atoms with E-state index in [0.717, 1.165) is 93.9 Å². The molecule has 0 saturated heterocycles. The Morgan fingerprint density at radius 3 is 1.55 bits per heavy atom. The molecular formula is C51H31N3O2. The van der Waals surface area contributed by atoms with Crippen molar-refractivity contribution in [3.05, 3.63) is 188 Å². The number of hydrogen-bond acceptors (Lipinski definition) is 5. The Hall–Kier alpha value is -7.63. The predicted molar refractivity (Wildman–Crippen MR) is 227 cm³/mol. The van der Waals surface area contributed by atoms with Crippen LogP contribution in [0.2, 0.25) is 0 Å². The molecule has 262 valence electrons. The number of nitrogens with zero attached hydrogens (tertiary/aromatic N) is 3. The van der Waals surface area contributed by atoms with E-state index < -0.39 is 0 Å². The molecular weight excluding hydrogens is 687 g/mol. The van der Waals surface area contributed by atoms with Crippen LogP contribution >= 0.6 is 0 Å². The molecule has 5 heteroatoms. The quantitative estimate of drug-likeness (QED) is 0.171. The van der Waals surface area contributed by atoms with E-state index in [-0.39, 0.29) is 0 Å². The number of rotatable bonds is 6.